The Labute approximate surface area is 98.7 Å². The molecule has 0 aliphatic heterocycles. The van der Waals surface area contributed by atoms with Gasteiger partial charge in [0.25, 0.3) is 0 Å². The van der Waals surface area contributed by atoms with Crippen molar-refractivity contribution in [1.82, 2.24) is 4.98 Å². The molecule has 0 spiro atoms. The third-order valence-electron chi connectivity index (χ3n) is 2.00. The Morgan fingerprint density at radius 1 is 1.33 bits per heavy atom. The van der Waals surface area contributed by atoms with Crippen molar-refractivity contribution in [3.8, 4) is 6.07 Å². The summed E-state index contributed by atoms with van der Waals surface area (Å²) >= 11 is 3.37. The molecule has 0 bridgehead atoms. The van der Waals surface area contributed by atoms with E-state index in [1.807, 2.05) is 6.07 Å². The number of hydrogen-bond donors (Lipinski definition) is 1. The van der Waals surface area contributed by atoms with Crippen LogP contribution in [0.1, 0.15) is 25.7 Å². The molecule has 3 nitrogen and oxygen atoms in total. The average Bonchev–Trinajstić information content (AvgIpc) is 2.23. The van der Waals surface area contributed by atoms with Gasteiger partial charge in [0, 0.05) is 23.6 Å². The zero-order valence-electron chi connectivity index (χ0n) is 8.54. The van der Waals surface area contributed by atoms with Crippen molar-refractivity contribution >= 4 is 21.6 Å². The maximum Gasteiger partial charge on any atom is 0.0621 e. The lowest BCUT2D eigenvalue weighted by Crippen LogP contribution is -2.01. The minimum atomic E-state index is 0.665. The molecule has 1 heterocycles. The first-order valence-electron chi connectivity index (χ1n) is 5.04. The summed E-state index contributed by atoms with van der Waals surface area (Å²) in [6.45, 7) is 0.934. The zero-order chi connectivity index (χ0) is 10.9. The molecule has 1 rings (SSSR count). The summed E-state index contributed by atoms with van der Waals surface area (Å²) in [7, 11) is 0. The molecule has 0 radical (unpaired) electrons. The number of rotatable bonds is 6. The normalized spacial score (nSPS) is 9.60. The minimum absolute atomic E-state index is 0.665. The maximum absolute atomic E-state index is 8.35. The molecule has 0 amide bonds. The molecule has 1 N–H and O–H groups in total. The van der Waals surface area contributed by atoms with E-state index in [1.165, 1.54) is 0 Å². The van der Waals surface area contributed by atoms with Crippen molar-refractivity contribution in [2.24, 2.45) is 0 Å². The lowest BCUT2D eigenvalue weighted by molar-refractivity contribution is 0.712. The molecule has 0 atom stereocenters. The van der Waals surface area contributed by atoms with Gasteiger partial charge in [0.1, 0.15) is 0 Å². The summed E-state index contributed by atoms with van der Waals surface area (Å²) in [4.78, 5) is 4.06. The smallest absolute Gasteiger partial charge is 0.0621 e. The second kappa shape index (κ2) is 7.24. The lowest BCUT2D eigenvalue weighted by atomic mass is 10.2. The van der Waals surface area contributed by atoms with Crippen LogP contribution >= 0.6 is 15.9 Å². The molecule has 1 aromatic rings. The molecule has 0 aliphatic rings. The lowest BCUT2D eigenvalue weighted by Gasteiger charge is -2.05. The van der Waals surface area contributed by atoms with Crippen LogP contribution in [0.15, 0.2) is 22.9 Å². The summed E-state index contributed by atoms with van der Waals surface area (Å²) in [5, 5.41) is 11.6. The Kier molecular flexibility index (Phi) is 5.79. The van der Waals surface area contributed by atoms with Crippen LogP contribution in [-0.4, -0.2) is 11.5 Å². The molecule has 80 valence electrons. The number of aromatic nitrogens is 1. The van der Waals surface area contributed by atoms with Gasteiger partial charge >= 0.3 is 0 Å². The quantitative estimate of drug-likeness (QED) is 0.805. The number of unbranched alkanes of at least 4 members (excludes halogenated alkanes) is 3. The van der Waals surface area contributed by atoms with E-state index >= 15 is 0 Å². The summed E-state index contributed by atoms with van der Waals surface area (Å²) in [5.74, 6) is 0. The van der Waals surface area contributed by atoms with Gasteiger partial charge in [-0.05, 0) is 34.8 Å². The monoisotopic (exact) mass is 267 g/mol. The van der Waals surface area contributed by atoms with Crippen LogP contribution in [0.25, 0.3) is 0 Å². The molecule has 1 aromatic heterocycles. The highest BCUT2D eigenvalue weighted by atomic mass is 79.9. The van der Waals surface area contributed by atoms with Crippen LogP contribution in [0.5, 0.6) is 0 Å². The molecular formula is C11H14BrN3. The van der Waals surface area contributed by atoms with Crippen LogP contribution < -0.4 is 5.32 Å². The van der Waals surface area contributed by atoms with E-state index < -0.39 is 0 Å². The van der Waals surface area contributed by atoms with Gasteiger partial charge < -0.3 is 5.32 Å². The number of nitrogens with zero attached hydrogens (tertiary/aromatic N) is 2. The zero-order valence-corrected chi connectivity index (χ0v) is 10.1. The van der Waals surface area contributed by atoms with Gasteiger partial charge in [0.15, 0.2) is 0 Å². The summed E-state index contributed by atoms with van der Waals surface area (Å²) in [6.07, 6.45) is 7.42. The molecule has 0 saturated carbocycles. The molecular weight excluding hydrogens is 254 g/mol. The van der Waals surface area contributed by atoms with E-state index in [-0.39, 0.29) is 0 Å². The van der Waals surface area contributed by atoms with Gasteiger partial charge in [-0.25, -0.2) is 0 Å². The standard InChI is InChI=1S/C11H14BrN3/c12-10-7-11(9-14-8-10)15-6-4-2-1-3-5-13/h7-9,15H,1-4,6H2. The van der Waals surface area contributed by atoms with E-state index in [4.69, 9.17) is 5.26 Å². The third-order valence-corrected chi connectivity index (χ3v) is 2.43. The topological polar surface area (TPSA) is 48.7 Å². The van der Waals surface area contributed by atoms with Crippen molar-refractivity contribution in [2.45, 2.75) is 25.7 Å². The van der Waals surface area contributed by atoms with Crippen molar-refractivity contribution in [1.29, 1.82) is 5.26 Å². The van der Waals surface area contributed by atoms with E-state index in [1.54, 1.807) is 12.4 Å². The van der Waals surface area contributed by atoms with E-state index in [2.05, 4.69) is 32.3 Å². The van der Waals surface area contributed by atoms with E-state index in [9.17, 15) is 0 Å². The summed E-state index contributed by atoms with van der Waals surface area (Å²) < 4.78 is 0.983. The molecule has 0 saturated heterocycles. The van der Waals surface area contributed by atoms with Crippen LogP contribution in [-0.2, 0) is 0 Å². The molecule has 0 aliphatic carbocycles. The summed E-state index contributed by atoms with van der Waals surface area (Å²) in [6, 6.07) is 4.15. The Bertz CT molecular complexity index is 333. The number of anilines is 1. The maximum atomic E-state index is 8.35. The molecule has 4 heteroatoms. The van der Waals surface area contributed by atoms with Crippen molar-refractivity contribution in [3.63, 3.8) is 0 Å². The first-order chi connectivity index (χ1) is 7.33. The Morgan fingerprint density at radius 3 is 2.93 bits per heavy atom. The van der Waals surface area contributed by atoms with Crippen LogP contribution in [0, 0.1) is 11.3 Å². The number of pyridine rings is 1. The predicted octanol–water partition coefficient (Wildman–Crippen LogP) is 3.34. The SMILES string of the molecule is N#CCCCCCNc1cncc(Br)c1. The highest BCUT2D eigenvalue weighted by Gasteiger charge is 1.93. The third kappa shape index (κ3) is 5.38. The molecule has 15 heavy (non-hydrogen) atoms. The number of nitriles is 1. The van der Waals surface area contributed by atoms with Crippen LogP contribution in [0.3, 0.4) is 0 Å². The second-order valence-electron chi connectivity index (χ2n) is 3.29. The van der Waals surface area contributed by atoms with Crippen molar-refractivity contribution in [2.75, 3.05) is 11.9 Å². The fraction of sp³-hybridized carbons (Fsp3) is 0.455. The van der Waals surface area contributed by atoms with Gasteiger partial charge in [-0.2, -0.15) is 5.26 Å². The molecule has 0 aromatic carbocycles. The average molecular weight is 268 g/mol. The fourth-order valence-corrected chi connectivity index (χ4v) is 1.61. The highest BCUT2D eigenvalue weighted by Crippen LogP contribution is 2.13. The van der Waals surface area contributed by atoms with Crippen molar-refractivity contribution < 1.29 is 0 Å². The number of halogens is 1. The number of nitrogens with one attached hydrogen (secondary N) is 1. The molecule has 0 unspecified atom stereocenters. The van der Waals surface area contributed by atoms with Crippen molar-refractivity contribution in [3.05, 3.63) is 22.9 Å². The Hall–Kier alpha value is -1.08. The second-order valence-corrected chi connectivity index (χ2v) is 4.20. The Balaban J connectivity index is 2.13. The largest absolute Gasteiger partial charge is 0.384 e. The van der Waals surface area contributed by atoms with Gasteiger partial charge in [0.2, 0.25) is 0 Å². The molecule has 0 fully saturated rings. The van der Waals surface area contributed by atoms with Gasteiger partial charge in [0.05, 0.1) is 18.0 Å². The fourth-order valence-electron chi connectivity index (χ4n) is 1.25. The number of hydrogen-bond acceptors (Lipinski definition) is 3. The van der Waals surface area contributed by atoms with Gasteiger partial charge in [-0.3, -0.25) is 4.98 Å². The highest BCUT2D eigenvalue weighted by molar-refractivity contribution is 9.10. The minimum Gasteiger partial charge on any atom is -0.384 e. The van der Waals surface area contributed by atoms with Crippen LogP contribution in [0.4, 0.5) is 5.69 Å². The summed E-state index contributed by atoms with van der Waals surface area (Å²) in [5.41, 5.74) is 1.03. The Morgan fingerprint density at radius 2 is 2.20 bits per heavy atom. The van der Waals surface area contributed by atoms with E-state index in [0.29, 0.717) is 6.42 Å². The predicted molar refractivity (Wildman–Crippen MR) is 64.5 cm³/mol. The first kappa shape index (κ1) is 12.0. The van der Waals surface area contributed by atoms with Gasteiger partial charge in [-0.1, -0.05) is 6.42 Å². The first-order valence-corrected chi connectivity index (χ1v) is 5.83. The van der Waals surface area contributed by atoms with Gasteiger partial charge in [-0.15, -0.1) is 0 Å². The van der Waals surface area contributed by atoms with E-state index in [0.717, 1.165) is 36.0 Å². The van der Waals surface area contributed by atoms with Crippen LogP contribution in [0.2, 0.25) is 0 Å².